The van der Waals surface area contributed by atoms with E-state index < -0.39 is 0 Å². The van der Waals surface area contributed by atoms with Crippen molar-refractivity contribution in [3.05, 3.63) is 107 Å². The molecule has 0 saturated carbocycles. The molecule has 0 amide bonds. The first-order valence-corrected chi connectivity index (χ1v) is 22.1. The van der Waals surface area contributed by atoms with Crippen LogP contribution in [-0.2, 0) is 47.7 Å². The van der Waals surface area contributed by atoms with E-state index in [0.29, 0.717) is 40.1 Å². The van der Waals surface area contributed by atoms with Crippen molar-refractivity contribution in [2.45, 2.75) is 52.4 Å². The highest BCUT2D eigenvalue weighted by Crippen LogP contribution is 2.34. The van der Waals surface area contributed by atoms with E-state index in [1.807, 2.05) is 0 Å². The van der Waals surface area contributed by atoms with Gasteiger partial charge in [0, 0.05) is 38.8 Å². The minimum absolute atomic E-state index is 0.222. The summed E-state index contributed by atoms with van der Waals surface area (Å²) in [5.41, 5.74) is 1.50. The van der Waals surface area contributed by atoms with Crippen LogP contribution in [-0.4, -0.2) is 29.8 Å². The fourth-order valence-electron chi connectivity index (χ4n) is 3.38. The van der Waals surface area contributed by atoms with Gasteiger partial charge >= 0.3 is 29.8 Å². The minimum Gasteiger partial charge on any atom is -0.423 e. The lowest BCUT2D eigenvalue weighted by molar-refractivity contribution is -0.134. The molecule has 10 nitrogen and oxygen atoms in total. The summed E-state index contributed by atoms with van der Waals surface area (Å²) in [7, 11) is 0. The fourth-order valence-corrected chi connectivity index (χ4v) is 6.65. The van der Waals surface area contributed by atoms with Crippen LogP contribution in [0, 0.1) is 0 Å². The molecule has 5 heterocycles. The van der Waals surface area contributed by atoms with Gasteiger partial charge in [0.2, 0.25) is 0 Å². The predicted molar refractivity (Wildman–Crippen MR) is 230 cm³/mol. The third-order valence-electron chi connectivity index (χ3n) is 5.83. The van der Waals surface area contributed by atoms with Gasteiger partial charge in [-0.1, -0.05) is 74.5 Å². The zero-order chi connectivity index (χ0) is 39.4. The molecule has 0 N–H and O–H groups in total. The second-order valence-corrected chi connectivity index (χ2v) is 17.9. The van der Waals surface area contributed by atoms with Gasteiger partial charge in [-0.05, 0) is 139 Å². The van der Waals surface area contributed by atoms with Crippen molar-refractivity contribution in [2.24, 2.45) is 0 Å². The Bertz CT molecular complexity index is 1700. The largest absolute Gasteiger partial charge is 0.423 e. The highest BCUT2D eigenvalue weighted by atomic mass is 79.9. The quantitative estimate of drug-likeness (QED) is 0.187. The average molecular weight is 1300 g/mol. The van der Waals surface area contributed by atoms with Gasteiger partial charge in [-0.15, -0.1) is 0 Å². The number of halogens is 9. The Morgan fingerprint density at radius 2 is 1.17 bits per heavy atom. The zero-order valence-electron chi connectivity index (χ0n) is 26.9. The lowest BCUT2D eigenvalue weighted by Gasteiger charge is -1.96. The topological polar surface area (TPSA) is 132 Å². The molecular weight excluding hydrogens is 1280 g/mol. The number of esters is 5. The first-order valence-electron chi connectivity index (χ1n) is 14.6. The molecule has 19 heteroatoms. The molecule has 282 valence electrons. The summed E-state index contributed by atoms with van der Waals surface area (Å²) in [6.45, 7) is 4.19. The molecule has 0 spiro atoms. The van der Waals surface area contributed by atoms with Crippen molar-refractivity contribution in [1.82, 2.24) is 0 Å². The maximum atomic E-state index is 11.3. The standard InChI is InChI=1S/2C9H10Br2O2.2C5H2Br2O2.C5H3BrO2/c1-2-3-4-6-8(11)7(5-10)13-9(6)12;1-2-3-4-6-5-7(8(10)11)13-9(6)12;6-2-4-3(7)1-5(8)9-4;6-5(7)3-1-2-4(8)9-3;6-3-4-1-2-5(7)8-4/h2*5H,2-4H2,1H3;2*1-2H;1-3H/b7-5-;;4-2-;;4-3-. The Balaban J connectivity index is 0.000000329. The van der Waals surface area contributed by atoms with E-state index >= 15 is 0 Å². The number of unbranched alkanes of at least 4 members (excludes halogenated alkanes) is 2. The summed E-state index contributed by atoms with van der Waals surface area (Å²) in [6.07, 6.45) is 14.8. The molecular formula is C33H27Br9O10. The second kappa shape index (κ2) is 26.8. The maximum absolute atomic E-state index is 11.3. The summed E-state index contributed by atoms with van der Waals surface area (Å²) < 4.78 is 26.6. The number of hydrogen-bond donors (Lipinski definition) is 0. The van der Waals surface area contributed by atoms with Gasteiger partial charge in [0.1, 0.15) is 12.5 Å². The Morgan fingerprint density at radius 3 is 1.52 bits per heavy atom. The van der Waals surface area contributed by atoms with Gasteiger partial charge in [0.25, 0.3) is 0 Å². The van der Waals surface area contributed by atoms with Gasteiger partial charge < -0.3 is 23.7 Å². The lowest BCUT2D eigenvalue weighted by atomic mass is 10.1. The van der Waals surface area contributed by atoms with E-state index in [1.165, 1.54) is 18.2 Å². The number of cyclic esters (lactones) is 5. The van der Waals surface area contributed by atoms with Crippen molar-refractivity contribution in [2.75, 3.05) is 0 Å². The molecule has 0 unspecified atom stereocenters. The van der Waals surface area contributed by atoms with Crippen LogP contribution in [0.4, 0.5) is 0 Å². The number of carbonyl (C=O) groups is 5. The van der Waals surface area contributed by atoms with Crippen molar-refractivity contribution < 1.29 is 47.7 Å². The maximum Gasteiger partial charge on any atom is 0.340 e. The Morgan fingerprint density at radius 1 is 0.596 bits per heavy atom. The van der Waals surface area contributed by atoms with Gasteiger partial charge in [-0.3, -0.25) is 0 Å². The molecule has 0 aromatic carbocycles. The number of rotatable bonds is 6. The van der Waals surface area contributed by atoms with Crippen molar-refractivity contribution in [3.8, 4) is 0 Å². The molecule has 0 atom stereocenters. The first kappa shape index (κ1) is 49.1. The van der Waals surface area contributed by atoms with Crippen molar-refractivity contribution in [3.63, 3.8) is 0 Å². The van der Waals surface area contributed by atoms with E-state index in [2.05, 4.69) is 171 Å². The SMILES string of the molecule is CCCCC1=C(Br)/C(=C/Br)OC1=O.CCCCC1=CC(=C(Br)Br)OC1=O.O=C1C=C(Br)/C(=C/Br)O1.O=C1C=C/C(=C/Br)O1.O=C1C=CC(=C(Br)Br)O1. The summed E-state index contributed by atoms with van der Waals surface area (Å²) >= 11 is 28.2. The smallest absolute Gasteiger partial charge is 0.340 e. The van der Waals surface area contributed by atoms with E-state index in [9.17, 15) is 24.0 Å². The first-order chi connectivity index (χ1) is 24.6. The van der Waals surface area contributed by atoms with Crippen LogP contribution in [0.2, 0.25) is 0 Å². The minimum atomic E-state index is -0.340. The monoisotopic (exact) mass is 1290 g/mol. The number of carbonyl (C=O) groups excluding carboxylic acids is 5. The zero-order valence-corrected chi connectivity index (χ0v) is 41.2. The molecule has 0 aliphatic carbocycles. The number of allylic oxidation sites excluding steroid dienone is 5. The highest BCUT2D eigenvalue weighted by molar-refractivity contribution is 9.28. The summed E-state index contributed by atoms with van der Waals surface area (Å²) in [6, 6.07) is 0. The van der Waals surface area contributed by atoms with Crippen LogP contribution in [0.25, 0.3) is 0 Å². The van der Waals surface area contributed by atoms with Crippen molar-refractivity contribution >= 4 is 173 Å². The molecule has 0 bridgehead atoms. The van der Waals surface area contributed by atoms with Crippen LogP contribution in [0.1, 0.15) is 52.4 Å². The normalized spacial score (nSPS) is 19.0. The molecule has 5 aliphatic rings. The Kier molecular flexibility index (Phi) is 25.3. The van der Waals surface area contributed by atoms with Crippen LogP contribution >= 0.6 is 143 Å². The summed E-state index contributed by atoms with van der Waals surface area (Å²) in [5, 5.41) is 0. The number of hydrogen-bond acceptors (Lipinski definition) is 10. The third kappa shape index (κ3) is 18.1. The van der Waals surface area contributed by atoms with E-state index in [4.69, 9.17) is 9.47 Å². The predicted octanol–water partition coefficient (Wildman–Crippen LogP) is 12.7. The Hall–Kier alpha value is -0.930. The molecule has 5 aliphatic heterocycles. The summed E-state index contributed by atoms with van der Waals surface area (Å²) in [4.78, 5) is 58.3. The molecule has 0 aromatic heterocycles. The van der Waals surface area contributed by atoms with Crippen LogP contribution in [0.3, 0.4) is 0 Å². The second-order valence-electron chi connectivity index (χ2n) is 9.58. The number of ether oxygens (including phenoxy) is 5. The molecule has 0 saturated heterocycles. The molecule has 0 fully saturated rings. The van der Waals surface area contributed by atoms with Gasteiger partial charge in [0.05, 0.1) is 14.5 Å². The summed E-state index contributed by atoms with van der Waals surface area (Å²) in [5.74, 6) is 1.28. The van der Waals surface area contributed by atoms with Gasteiger partial charge in [-0.2, -0.15) is 0 Å². The molecule has 5 rings (SSSR count). The fraction of sp³-hybridized carbons (Fsp3) is 0.242. The van der Waals surface area contributed by atoms with Crippen molar-refractivity contribution in [1.29, 1.82) is 0 Å². The van der Waals surface area contributed by atoms with E-state index in [-0.39, 0.29) is 29.8 Å². The van der Waals surface area contributed by atoms with Crippen LogP contribution in [0.15, 0.2) is 107 Å². The third-order valence-corrected chi connectivity index (χ3v) is 10.2. The average Bonchev–Trinajstić information content (AvgIpc) is 3.94. The molecule has 0 aromatic rings. The highest BCUT2D eigenvalue weighted by Gasteiger charge is 2.27. The molecule has 52 heavy (non-hydrogen) atoms. The van der Waals surface area contributed by atoms with E-state index in [1.54, 1.807) is 33.2 Å². The van der Waals surface area contributed by atoms with Crippen LogP contribution < -0.4 is 0 Å². The van der Waals surface area contributed by atoms with Crippen LogP contribution in [0.5, 0.6) is 0 Å². The lowest BCUT2D eigenvalue weighted by Crippen LogP contribution is -1.98. The Labute approximate surface area is 376 Å². The molecule has 0 radical (unpaired) electrons. The van der Waals surface area contributed by atoms with E-state index in [0.717, 1.165) is 54.2 Å². The van der Waals surface area contributed by atoms with Gasteiger partial charge in [-0.25, -0.2) is 24.0 Å². The van der Waals surface area contributed by atoms with Gasteiger partial charge in [0.15, 0.2) is 23.0 Å².